The zero-order valence-electron chi connectivity index (χ0n) is 19.0. The van der Waals surface area contributed by atoms with Gasteiger partial charge in [-0.15, -0.1) is 32.9 Å². The minimum absolute atomic E-state index is 0.766. The molecule has 0 aliphatic heterocycles. The van der Waals surface area contributed by atoms with E-state index >= 15 is 0 Å². The zero-order chi connectivity index (χ0) is 22.9. The van der Waals surface area contributed by atoms with Gasteiger partial charge in [0.2, 0.25) is 0 Å². The highest BCUT2D eigenvalue weighted by atomic mass is 32.2. The molecule has 0 aliphatic rings. The minimum Gasteiger partial charge on any atom is -0.305 e. The summed E-state index contributed by atoms with van der Waals surface area (Å²) in [6.07, 6.45) is 0. The number of aromatic nitrogens is 4. The Labute approximate surface area is 206 Å². The van der Waals surface area contributed by atoms with Crippen LogP contribution in [0.25, 0.3) is 33.1 Å². The van der Waals surface area contributed by atoms with E-state index in [9.17, 15) is 0 Å². The van der Waals surface area contributed by atoms with Crippen LogP contribution in [0.3, 0.4) is 0 Å². The van der Waals surface area contributed by atoms with Crippen LogP contribution >= 0.6 is 34.4 Å². The predicted octanol–water partition coefficient (Wildman–Crippen LogP) is 7.55. The fourth-order valence-corrected chi connectivity index (χ4v) is 6.31. The lowest BCUT2D eigenvalue weighted by Gasteiger charge is -2.07. The van der Waals surface area contributed by atoms with E-state index < -0.39 is 0 Å². The van der Waals surface area contributed by atoms with Crippen LogP contribution in [-0.2, 0) is 12.8 Å². The number of aryl methyl sites for hydroxylation is 3. The second-order valence-electron chi connectivity index (χ2n) is 8.11. The molecule has 3 heterocycles. The van der Waals surface area contributed by atoms with Crippen LogP contribution < -0.4 is 0 Å². The normalized spacial score (nSPS) is 11.3. The summed E-state index contributed by atoms with van der Waals surface area (Å²) in [4.78, 5) is 6.12. The van der Waals surface area contributed by atoms with Gasteiger partial charge in [0, 0.05) is 45.1 Å². The van der Waals surface area contributed by atoms with Crippen molar-refractivity contribution < 1.29 is 0 Å². The summed E-state index contributed by atoms with van der Waals surface area (Å²) in [7, 11) is 2.04. The van der Waals surface area contributed by atoms with E-state index in [2.05, 4.69) is 94.8 Å². The quantitative estimate of drug-likeness (QED) is 0.231. The maximum Gasteiger partial charge on any atom is 0.191 e. The lowest BCUT2D eigenvalue weighted by atomic mass is 10.0. The molecule has 0 bridgehead atoms. The standard InChI is InChI=1S/C26H24N4S3/c1-16-5-9-19(10-6-16)23-18(3)31-15-22(23)24-28-29-26(30(24)4)33-14-21-13-32-25(27-21)20-11-7-17(2)8-12-20/h5-13,15H,14H2,1-4H3. The molecule has 3 aromatic heterocycles. The first-order chi connectivity index (χ1) is 16.0. The van der Waals surface area contributed by atoms with Gasteiger partial charge in [0.05, 0.1) is 5.69 Å². The molecule has 0 aliphatic carbocycles. The molecule has 0 fully saturated rings. The molecule has 5 aromatic rings. The third-order valence-corrected chi connectivity index (χ3v) is 8.50. The highest BCUT2D eigenvalue weighted by Crippen LogP contribution is 2.39. The molecule has 0 N–H and O–H groups in total. The van der Waals surface area contributed by atoms with E-state index in [1.165, 1.54) is 32.7 Å². The van der Waals surface area contributed by atoms with E-state index in [1.54, 1.807) is 34.4 Å². The second kappa shape index (κ2) is 9.25. The summed E-state index contributed by atoms with van der Waals surface area (Å²) >= 11 is 5.12. The Kier molecular flexibility index (Phi) is 6.19. The van der Waals surface area contributed by atoms with Crippen LogP contribution in [0.15, 0.2) is 64.4 Å². The topological polar surface area (TPSA) is 43.6 Å². The second-order valence-corrected chi connectivity index (χ2v) is 11.0. The smallest absolute Gasteiger partial charge is 0.191 e. The Hall–Kier alpha value is -2.74. The Bertz CT molecular complexity index is 1390. The molecule has 0 saturated carbocycles. The number of thiazole rings is 1. The lowest BCUT2D eigenvalue weighted by molar-refractivity contribution is 0.794. The molecule has 5 rings (SSSR count). The molecule has 0 amide bonds. The van der Waals surface area contributed by atoms with Crippen LogP contribution in [0.1, 0.15) is 21.7 Å². The average molecular weight is 489 g/mol. The van der Waals surface area contributed by atoms with Gasteiger partial charge in [-0.2, -0.15) is 0 Å². The summed E-state index contributed by atoms with van der Waals surface area (Å²) in [6.45, 7) is 6.39. The van der Waals surface area contributed by atoms with Crippen molar-refractivity contribution in [3.05, 3.63) is 81.0 Å². The van der Waals surface area contributed by atoms with Crippen molar-refractivity contribution in [1.82, 2.24) is 19.7 Å². The van der Waals surface area contributed by atoms with E-state index in [0.29, 0.717) is 0 Å². The first-order valence-electron chi connectivity index (χ1n) is 10.7. The Morgan fingerprint density at radius 3 is 2.18 bits per heavy atom. The molecular formula is C26H24N4S3. The van der Waals surface area contributed by atoms with E-state index in [4.69, 9.17) is 4.98 Å². The van der Waals surface area contributed by atoms with Crippen LogP contribution in [-0.4, -0.2) is 19.7 Å². The number of nitrogens with zero attached hydrogens (tertiary/aromatic N) is 4. The van der Waals surface area contributed by atoms with Crippen molar-refractivity contribution >= 4 is 34.4 Å². The van der Waals surface area contributed by atoms with E-state index in [1.807, 2.05) is 7.05 Å². The van der Waals surface area contributed by atoms with Crippen molar-refractivity contribution in [2.75, 3.05) is 0 Å². The van der Waals surface area contributed by atoms with Gasteiger partial charge in [-0.3, -0.25) is 0 Å². The SMILES string of the molecule is Cc1ccc(-c2nc(CSc3nnc(-c4csc(C)c4-c4ccc(C)cc4)n3C)cs2)cc1. The minimum atomic E-state index is 0.766. The lowest BCUT2D eigenvalue weighted by Crippen LogP contribution is -1.96. The maximum absolute atomic E-state index is 4.83. The van der Waals surface area contributed by atoms with Gasteiger partial charge in [0.25, 0.3) is 0 Å². The number of thiophene rings is 1. The Balaban J connectivity index is 1.36. The van der Waals surface area contributed by atoms with Gasteiger partial charge in [-0.05, 0) is 26.3 Å². The Morgan fingerprint density at radius 2 is 1.48 bits per heavy atom. The first-order valence-corrected chi connectivity index (χ1v) is 13.4. The molecule has 7 heteroatoms. The van der Waals surface area contributed by atoms with Gasteiger partial charge in [0.15, 0.2) is 11.0 Å². The molecule has 0 unspecified atom stereocenters. The number of benzene rings is 2. The van der Waals surface area contributed by atoms with Crippen LogP contribution in [0, 0.1) is 20.8 Å². The summed E-state index contributed by atoms with van der Waals surface area (Å²) in [5.74, 6) is 1.66. The number of hydrogen-bond donors (Lipinski definition) is 0. The largest absolute Gasteiger partial charge is 0.305 e. The first kappa shape index (κ1) is 22.1. The summed E-state index contributed by atoms with van der Waals surface area (Å²) in [5, 5.41) is 15.3. The number of hydrogen-bond acceptors (Lipinski definition) is 6. The molecule has 0 spiro atoms. The average Bonchev–Trinajstić information content (AvgIpc) is 3.52. The molecule has 4 nitrogen and oxygen atoms in total. The van der Waals surface area contributed by atoms with Gasteiger partial charge in [-0.25, -0.2) is 4.98 Å². The van der Waals surface area contributed by atoms with Crippen molar-refractivity contribution in [2.45, 2.75) is 31.7 Å². The number of rotatable bonds is 6. The van der Waals surface area contributed by atoms with E-state index in [-0.39, 0.29) is 0 Å². The molecular weight excluding hydrogens is 465 g/mol. The third kappa shape index (κ3) is 4.53. The Morgan fingerprint density at radius 1 is 0.818 bits per heavy atom. The molecule has 2 aromatic carbocycles. The van der Waals surface area contributed by atoms with E-state index in [0.717, 1.165) is 33.0 Å². The van der Waals surface area contributed by atoms with Crippen molar-refractivity contribution in [2.24, 2.45) is 7.05 Å². The van der Waals surface area contributed by atoms with Gasteiger partial charge >= 0.3 is 0 Å². The summed E-state index contributed by atoms with van der Waals surface area (Å²) in [5.41, 5.74) is 8.36. The van der Waals surface area contributed by atoms with Crippen molar-refractivity contribution in [3.8, 4) is 33.1 Å². The van der Waals surface area contributed by atoms with Crippen molar-refractivity contribution in [1.29, 1.82) is 0 Å². The van der Waals surface area contributed by atoms with Crippen LogP contribution in [0.2, 0.25) is 0 Å². The zero-order valence-corrected chi connectivity index (χ0v) is 21.4. The molecule has 0 saturated heterocycles. The summed E-state index contributed by atoms with van der Waals surface area (Å²) in [6, 6.07) is 17.2. The highest BCUT2D eigenvalue weighted by Gasteiger charge is 2.19. The molecule has 0 radical (unpaired) electrons. The van der Waals surface area contributed by atoms with Gasteiger partial charge in [-0.1, -0.05) is 71.4 Å². The van der Waals surface area contributed by atoms with Crippen LogP contribution in [0.4, 0.5) is 0 Å². The number of thioether (sulfide) groups is 1. The fraction of sp³-hybridized carbons (Fsp3) is 0.192. The molecule has 33 heavy (non-hydrogen) atoms. The maximum atomic E-state index is 4.83. The fourth-order valence-electron chi connectivity index (χ4n) is 3.71. The highest BCUT2D eigenvalue weighted by molar-refractivity contribution is 7.98. The molecule has 166 valence electrons. The van der Waals surface area contributed by atoms with Crippen molar-refractivity contribution in [3.63, 3.8) is 0 Å². The third-order valence-electron chi connectivity index (χ3n) is 5.59. The predicted molar refractivity (Wildman–Crippen MR) is 141 cm³/mol. The monoisotopic (exact) mass is 488 g/mol. The van der Waals surface area contributed by atoms with Gasteiger partial charge < -0.3 is 4.57 Å². The van der Waals surface area contributed by atoms with Crippen LogP contribution in [0.5, 0.6) is 0 Å². The van der Waals surface area contributed by atoms with Gasteiger partial charge in [0.1, 0.15) is 5.01 Å². The molecule has 0 atom stereocenters. The summed E-state index contributed by atoms with van der Waals surface area (Å²) < 4.78 is 2.09.